The number of H-pyrrole nitrogens is 1. The van der Waals surface area contributed by atoms with Crippen LogP contribution in [0.4, 0.5) is 0 Å². The number of nitrogens with two attached hydrogens (primary N) is 1. The molecule has 0 aromatic carbocycles. The van der Waals surface area contributed by atoms with Gasteiger partial charge in [0.25, 0.3) is 11.5 Å². The SMILES string of the molecule is CC(C)Cn1c(=O)[nH]c(=O)c2c(C(=O)NC(C)CCN)cc(C(C)C)nc21. The van der Waals surface area contributed by atoms with Crippen molar-refractivity contribution in [2.75, 3.05) is 6.54 Å². The lowest BCUT2D eigenvalue weighted by atomic mass is 10.0. The number of carbonyl (C=O) groups is 1. The monoisotopic (exact) mass is 375 g/mol. The summed E-state index contributed by atoms with van der Waals surface area (Å²) >= 11 is 0. The average Bonchev–Trinajstić information content (AvgIpc) is 2.57. The number of carbonyl (C=O) groups excluding carboxylic acids is 1. The molecule has 0 aliphatic heterocycles. The Hall–Kier alpha value is -2.48. The number of rotatable bonds is 7. The van der Waals surface area contributed by atoms with Gasteiger partial charge in [0.15, 0.2) is 5.65 Å². The van der Waals surface area contributed by atoms with E-state index in [2.05, 4.69) is 15.3 Å². The lowest BCUT2D eigenvalue weighted by Crippen LogP contribution is -2.37. The topological polar surface area (TPSA) is 123 Å². The molecule has 27 heavy (non-hydrogen) atoms. The van der Waals surface area contributed by atoms with Crippen LogP contribution in [0.5, 0.6) is 0 Å². The number of hydrogen-bond acceptors (Lipinski definition) is 5. The number of pyridine rings is 1. The van der Waals surface area contributed by atoms with Gasteiger partial charge in [-0.1, -0.05) is 27.7 Å². The summed E-state index contributed by atoms with van der Waals surface area (Å²) in [6.07, 6.45) is 0.625. The molecular formula is C19H29N5O3. The first-order chi connectivity index (χ1) is 12.6. The van der Waals surface area contributed by atoms with Gasteiger partial charge in [0, 0.05) is 18.3 Å². The van der Waals surface area contributed by atoms with E-state index in [1.54, 1.807) is 6.07 Å². The normalized spacial score (nSPS) is 12.7. The molecule has 0 aliphatic rings. The highest BCUT2D eigenvalue weighted by Crippen LogP contribution is 2.20. The van der Waals surface area contributed by atoms with Gasteiger partial charge in [-0.2, -0.15) is 0 Å². The number of hydrogen-bond donors (Lipinski definition) is 3. The molecule has 0 saturated carbocycles. The van der Waals surface area contributed by atoms with Crippen molar-refractivity contribution in [1.29, 1.82) is 0 Å². The molecule has 0 saturated heterocycles. The van der Waals surface area contributed by atoms with E-state index in [-0.39, 0.29) is 40.4 Å². The molecule has 0 spiro atoms. The summed E-state index contributed by atoms with van der Waals surface area (Å²) in [4.78, 5) is 44.7. The van der Waals surface area contributed by atoms with Crippen LogP contribution in [0, 0.1) is 5.92 Å². The van der Waals surface area contributed by atoms with Crippen LogP contribution in [0.25, 0.3) is 11.0 Å². The second kappa shape index (κ2) is 8.47. The van der Waals surface area contributed by atoms with E-state index in [0.29, 0.717) is 25.2 Å². The Morgan fingerprint density at radius 2 is 1.93 bits per heavy atom. The summed E-state index contributed by atoms with van der Waals surface area (Å²) in [7, 11) is 0. The first-order valence-electron chi connectivity index (χ1n) is 9.34. The van der Waals surface area contributed by atoms with Crippen molar-refractivity contribution in [3.05, 3.63) is 38.2 Å². The maximum atomic E-state index is 12.9. The largest absolute Gasteiger partial charge is 0.350 e. The summed E-state index contributed by atoms with van der Waals surface area (Å²) in [6, 6.07) is 1.51. The van der Waals surface area contributed by atoms with Crippen LogP contribution >= 0.6 is 0 Å². The van der Waals surface area contributed by atoms with Crippen LogP contribution < -0.4 is 22.3 Å². The molecule has 4 N–H and O–H groups in total. The number of nitrogens with one attached hydrogen (secondary N) is 2. The van der Waals surface area contributed by atoms with Crippen molar-refractivity contribution in [2.45, 2.75) is 59.5 Å². The summed E-state index contributed by atoms with van der Waals surface area (Å²) in [5.41, 5.74) is 5.56. The molecule has 1 unspecified atom stereocenters. The number of amides is 1. The van der Waals surface area contributed by atoms with Crippen LogP contribution in [0.2, 0.25) is 0 Å². The van der Waals surface area contributed by atoms with Crippen molar-refractivity contribution in [1.82, 2.24) is 19.9 Å². The van der Waals surface area contributed by atoms with E-state index in [1.807, 2.05) is 34.6 Å². The smallest absolute Gasteiger partial charge is 0.330 e. The molecule has 0 radical (unpaired) electrons. The molecule has 0 fully saturated rings. The lowest BCUT2D eigenvalue weighted by Gasteiger charge is -2.17. The fourth-order valence-corrected chi connectivity index (χ4v) is 2.93. The van der Waals surface area contributed by atoms with E-state index in [0.717, 1.165) is 0 Å². The van der Waals surface area contributed by atoms with Gasteiger partial charge in [-0.25, -0.2) is 9.78 Å². The van der Waals surface area contributed by atoms with Crippen molar-refractivity contribution in [2.24, 2.45) is 11.7 Å². The zero-order chi connectivity index (χ0) is 20.3. The molecule has 1 atom stereocenters. The van der Waals surface area contributed by atoms with Crippen molar-refractivity contribution < 1.29 is 4.79 Å². The molecular weight excluding hydrogens is 346 g/mol. The van der Waals surface area contributed by atoms with Crippen LogP contribution in [0.3, 0.4) is 0 Å². The van der Waals surface area contributed by atoms with Gasteiger partial charge in [0.05, 0.1) is 10.9 Å². The average molecular weight is 375 g/mol. The summed E-state index contributed by atoms with van der Waals surface area (Å²) in [5, 5.41) is 3.01. The molecule has 1 amide bonds. The minimum atomic E-state index is -0.602. The van der Waals surface area contributed by atoms with Gasteiger partial charge in [-0.3, -0.25) is 19.1 Å². The molecule has 8 nitrogen and oxygen atoms in total. The second-order valence-electron chi connectivity index (χ2n) is 7.66. The molecule has 2 rings (SSSR count). The quantitative estimate of drug-likeness (QED) is 0.674. The van der Waals surface area contributed by atoms with Gasteiger partial charge in [-0.15, -0.1) is 0 Å². The van der Waals surface area contributed by atoms with Crippen molar-refractivity contribution in [3.63, 3.8) is 0 Å². The number of fused-ring (bicyclic) bond motifs is 1. The Morgan fingerprint density at radius 3 is 2.48 bits per heavy atom. The maximum Gasteiger partial charge on any atom is 0.330 e. The summed E-state index contributed by atoms with van der Waals surface area (Å²) in [5.74, 6) is -0.169. The standard InChI is InChI=1S/C19H29N5O3/c1-10(2)9-24-16-15(18(26)23-19(24)27)13(8-14(22-16)11(3)4)17(25)21-12(5)6-7-20/h8,10-12H,6-7,9,20H2,1-5H3,(H,21,25)(H,23,26,27). The van der Waals surface area contributed by atoms with Crippen LogP contribution in [-0.2, 0) is 6.54 Å². The number of aromatic nitrogens is 3. The van der Waals surface area contributed by atoms with E-state index < -0.39 is 11.2 Å². The molecule has 148 valence electrons. The minimum absolute atomic E-state index is 0.0318. The number of nitrogens with zero attached hydrogens (tertiary/aromatic N) is 2. The maximum absolute atomic E-state index is 12.9. The summed E-state index contributed by atoms with van der Waals surface area (Å²) < 4.78 is 1.44. The molecule has 0 aliphatic carbocycles. The van der Waals surface area contributed by atoms with Crippen molar-refractivity contribution in [3.8, 4) is 0 Å². The van der Waals surface area contributed by atoms with Crippen LogP contribution in [0.1, 0.15) is 63.0 Å². The highest BCUT2D eigenvalue weighted by atomic mass is 16.2. The zero-order valence-corrected chi connectivity index (χ0v) is 16.6. The van der Waals surface area contributed by atoms with E-state index in [4.69, 9.17) is 5.73 Å². The zero-order valence-electron chi connectivity index (χ0n) is 16.6. The predicted molar refractivity (Wildman–Crippen MR) is 106 cm³/mol. The van der Waals surface area contributed by atoms with Crippen LogP contribution in [-0.4, -0.2) is 33.0 Å². The molecule has 2 heterocycles. The highest BCUT2D eigenvalue weighted by molar-refractivity contribution is 6.05. The molecule has 8 heteroatoms. The third-order valence-corrected chi connectivity index (χ3v) is 4.33. The van der Waals surface area contributed by atoms with E-state index in [9.17, 15) is 14.4 Å². The second-order valence-corrected chi connectivity index (χ2v) is 7.66. The Labute approximate surface area is 158 Å². The fourth-order valence-electron chi connectivity index (χ4n) is 2.93. The van der Waals surface area contributed by atoms with Gasteiger partial charge < -0.3 is 11.1 Å². The Balaban J connectivity index is 2.77. The van der Waals surface area contributed by atoms with Crippen LogP contribution in [0.15, 0.2) is 15.7 Å². The van der Waals surface area contributed by atoms with E-state index >= 15 is 0 Å². The first kappa shape index (κ1) is 20.8. The Bertz CT molecular complexity index is 943. The van der Waals surface area contributed by atoms with Gasteiger partial charge in [-0.05, 0) is 37.8 Å². The third-order valence-electron chi connectivity index (χ3n) is 4.33. The lowest BCUT2D eigenvalue weighted by molar-refractivity contribution is 0.0940. The predicted octanol–water partition coefficient (Wildman–Crippen LogP) is 1.33. The Kier molecular flexibility index (Phi) is 6.54. The van der Waals surface area contributed by atoms with E-state index in [1.165, 1.54) is 4.57 Å². The fraction of sp³-hybridized carbons (Fsp3) is 0.579. The summed E-state index contributed by atoms with van der Waals surface area (Å²) in [6.45, 7) is 10.5. The molecule has 0 bridgehead atoms. The van der Waals surface area contributed by atoms with Gasteiger partial charge in [0.2, 0.25) is 0 Å². The minimum Gasteiger partial charge on any atom is -0.350 e. The third kappa shape index (κ3) is 4.63. The molecule has 2 aromatic rings. The van der Waals surface area contributed by atoms with Gasteiger partial charge in [0.1, 0.15) is 0 Å². The highest BCUT2D eigenvalue weighted by Gasteiger charge is 2.21. The Morgan fingerprint density at radius 1 is 1.26 bits per heavy atom. The first-order valence-corrected chi connectivity index (χ1v) is 9.34. The molecule has 2 aromatic heterocycles. The van der Waals surface area contributed by atoms with Crippen molar-refractivity contribution >= 4 is 16.9 Å². The van der Waals surface area contributed by atoms with Gasteiger partial charge >= 0.3 is 5.69 Å². The number of aromatic amines is 1.